The first-order valence-corrected chi connectivity index (χ1v) is 11.2. The lowest BCUT2D eigenvalue weighted by molar-refractivity contribution is -0.385. The predicted molar refractivity (Wildman–Crippen MR) is 128 cm³/mol. The van der Waals surface area contributed by atoms with Gasteiger partial charge in [0.1, 0.15) is 12.4 Å². The van der Waals surface area contributed by atoms with Gasteiger partial charge in [0.2, 0.25) is 0 Å². The number of rotatable bonds is 8. The highest BCUT2D eigenvalue weighted by atomic mass is 32.2. The average Bonchev–Trinajstić information content (AvgIpc) is 3.11. The van der Waals surface area contributed by atoms with Gasteiger partial charge in [0.05, 0.1) is 23.5 Å². The molecule has 2 amide bonds. The number of nitro benzene ring substituents is 1. The van der Waals surface area contributed by atoms with E-state index in [-0.39, 0.29) is 35.1 Å². The second-order valence-electron chi connectivity index (χ2n) is 7.48. The van der Waals surface area contributed by atoms with Gasteiger partial charge in [-0.25, -0.2) is 4.39 Å². The van der Waals surface area contributed by atoms with Crippen molar-refractivity contribution < 1.29 is 28.4 Å². The number of imide groups is 1. The standard InChI is InChI=1S/C25H19FN2O6S/c1-33-21-11-8-17(12-22(21)34-15-16-6-9-19(26)10-7-16)13-23-24(29)27(25(30)35-23)14-18-4-2-3-5-20(18)28(31)32/h2-13H,14-15H2,1H3/b23-13-. The summed E-state index contributed by atoms with van der Waals surface area (Å²) in [6.07, 6.45) is 1.55. The maximum Gasteiger partial charge on any atom is 0.293 e. The molecule has 3 aromatic carbocycles. The highest BCUT2D eigenvalue weighted by Crippen LogP contribution is 2.36. The minimum atomic E-state index is -0.547. The quantitative estimate of drug-likeness (QED) is 0.230. The van der Waals surface area contributed by atoms with Gasteiger partial charge >= 0.3 is 0 Å². The van der Waals surface area contributed by atoms with E-state index >= 15 is 0 Å². The minimum Gasteiger partial charge on any atom is -0.493 e. The van der Waals surface area contributed by atoms with Crippen molar-refractivity contribution in [3.8, 4) is 11.5 Å². The summed E-state index contributed by atoms with van der Waals surface area (Å²) in [6, 6.07) is 16.9. The van der Waals surface area contributed by atoms with E-state index in [1.165, 1.54) is 37.4 Å². The van der Waals surface area contributed by atoms with Crippen molar-refractivity contribution in [3.63, 3.8) is 0 Å². The number of halogens is 1. The molecule has 0 bridgehead atoms. The molecule has 10 heteroatoms. The van der Waals surface area contributed by atoms with Gasteiger partial charge in [-0.3, -0.25) is 24.6 Å². The first-order chi connectivity index (χ1) is 16.9. The number of benzene rings is 3. The van der Waals surface area contributed by atoms with E-state index < -0.39 is 16.1 Å². The van der Waals surface area contributed by atoms with E-state index in [2.05, 4.69) is 0 Å². The van der Waals surface area contributed by atoms with Crippen LogP contribution in [0, 0.1) is 15.9 Å². The Hall–Kier alpha value is -4.18. The molecule has 0 saturated carbocycles. The van der Waals surface area contributed by atoms with Crippen molar-refractivity contribution in [1.82, 2.24) is 4.90 Å². The van der Waals surface area contributed by atoms with Gasteiger partial charge in [0.15, 0.2) is 11.5 Å². The van der Waals surface area contributed by atoms with Crippen LogP contribution < -0.4 is 9.47 Å². The molecular weight excluding hydrogens is 475 g/mol. The van der Waals surface area contributed by atoms with Crippen LogP contribution in [0.25, 0.3) is 6.08 Å². The van der Waals surface area contributed by atoms with Crippen LogP contribution in [0.15, 0.2) is 71.6 Å². The number of methoxy groups -OCH3 is 1. The number of amides is 2. The van der Waals surface area contributed by atoms with Gasteiger partial charge in [-0.1, -0.05) is 36.4 Å². The molecule has 1 aliphatic heterocycles. The largest absolute Gasteiger partial charge is 0.493 e. The fourth-order valence-electron chi connectivity index (χ4n) is 3.42. The topological polar surface area (TPSA) is 99.0 Å². The second-order valence-corrected chi connectivity index (χ2v) is 8.47. The van der Waals surface area contributed by atoms with Gasteiger partial charge in [-0.15, -0.1) is 0 Å². The zero-order valence-electron chi connectivity index (χ0n) is 18.5. The number of nitro groups is 1. The summed E-state index contributed by atoms with van der Waals surface area (Å²) >= 11 is 0.759. The Morgan fingerprint density at radius 2 is 1.80 bits per heavy atom. The summed E-state index contributed by atoms with van der Waals surface area (Å²) in [4.78, 5) is 37.3. The average molecular weight is 495 g/mol. The predicted octanol–water partition coefficient (Wildman–Crippen LogP) is 5.56. The van der Waals surface area contributed by atoms with Gasteiger partial charge in [-0.2, -0.15) is 0 Å². The maximum atomic E-state index is 13.1. The third kappa shape index (κ3) is 5.49. The van der Waals surface area contributed by atoms with Gasteiger partial charge in [-0.05, 0) is 53.2 Å². The highest BCUT2D eigenvalue weighted by Gasteiger charge is 2.36. The monoisotopic (exact) mass is 494 g/mol. The molecule has 0 atom stereocenters. The molecule has 178 valence electrons. The Balaban J connectivity index is 1.53. The molecule has 0 N–H and O–H groups in total. The van der Waals surface area contributed by atoms with E-state index in [0.717, 1.165) is 22.2 Å². The molecule has 35 heavy (non-hydrogen) atoms. The van der Waals surface area contributed by atoms with Crippen LogP contribution in [0.5, 0.6) is 11.5 Å². The normalized spacial score (nSPS) is 14.5. The number of para-hydroxylation sites is 1. The zero-order valence-corrected chi connectivity index (χ0v) is 19.3. The lowest BCUT2D eigenvalue weighted by Crippen LogP contribution is -2.27. The molecule has 0 radical (unpaired) electrons. The molecule has 0 aromatic heterocycles. The van der Waals surface area contributed by atoms with Crippen molar-refractivity contribution in [2.24, 2.45) is 0 Å². The van der Waals surface area contributed by atoms with Gasteiger partial charge in [0.25, 0.3) is 16.8 Å². The summed E-state index contributed by atoms with van der Waals surface area (Å²) in [5.41, 5.74) is 1.46. The number of thioether (sulfide) groups is 1. The van der Waals surface area contributed by atoms with E-state index in [9.17, 15) is 24.1 Å². The summed E-state index contributed by atoms with van der Waals surface area (Å²) in [5.74, 6) is -0.00893. The number of carbonyl (C=O) groups excluding carboxylic acids is 2. The SMILES string of the molecule is COc1ccc(/C=C2\SC(=O)N(Cc3ccccc3[N+](=O)[O-])C2=O)cc1OCc1ccc(F)cc1. The third-order valence-electron chi connectivity index (χ3n) is 5.18. The van der Waals surface area contributed by atoms with E-state index in [0.29, 0.717) is 17.1 Å². The first-order valence-electron chi connectivity index (χ1n) is 10.4. The van der Waals surface area contributed by atoms with E-state index in [1.807, 2.05) is 0 Å². The minimum absolute atomic E-state index is 0.159. The molecule has 8 nitrogen and oxygen atoms in total. The summed E-state index contributed by atoms with van der Waals surface area (Å²) < 4.78 is 24.3. The third-order valence-corrected chi connectivity index (χ3v) is 6.09. The first kappa shape index (κ1) is 24.0. The van der Waals surface area contributed by atoms with Crippen LogP contribution in [0.2, 0.25) is 0 Å². The summed E-state index contributed by atoms with van der Waals surface area (Å²) in [6.45, 7) is -0.0275. The van der Waals surface area contributed by atoms with Crippen LogP contribution in [0.1, 0.15) is 16.7 Å². The number of ether oxygens (including phenoxy) is 2. The number of hydrogen-bond donors (Lipinski definition) is 0. The Labute approximate surface area is 204 Å². The Morgan fingerprint density at radius 3 is 2.51 bits per heavy atom. The maximum absolute atomic E-state index is 13.1. The molecular formula is C25H19FN2O6S. The number of carbonyl (C=O) groups is 2. The molecule has 1 aliphatic rings. The van der Waals surface area contributed by atoms with Crippen molar-refractivity contribution in [2.45, 2.75) is 13.2 Å². The van der Waals surface area contributed by atoms with Gasteiger partial charge in [0, 0.05) is 11.6 Å². The molecule has 1 saturated heterocycles. The molecule has 1 heterocycles. The smallest absolute Gasteiger partial charge is 0.293 e. The Bertz CT molecular complexity index is 1330. The van der Waals surface area contributed by atoms with Crippen LogP contribution in [-0.2, 0) is 17.9 Å². The number of nitrogens with zero attached hydrogens (tertiary/aromatic N) is 2. The van der Waals surface area contributed by atoms with Crippen molar-refractivity contribution in [2.75, 3.05) is 7.11 Å². The number of hydrogen-bond acceptors (Lipinski definition) is 7. The fraction of sp³-hybridized carbons (Fsp3) is 0.120. The molecule has 0 aliphatic carbocycles. The van der Waals surface area contributed by atoms with Gasteiger partial charge < -0.3 is 9.47 Å². The van der Waals surface area contributed by atoms with Crippen LogP contribution >= 0.6 is 11.8 Å². The van der Waals surface area contributed by atoms with E-state index in [1.54, 1.807) is 42.5 Å². The van der Waals surface area contributed by atoms with Crippen molar-refractivity contribution in [1.29, 1.82) is 0 Å². The van der Waals surface area contributed by atoms with E-state index in [4.69, 9.17) is 9.47 Å². The lowest BCUT2D eigenvalue weighted by atomic mass is 10.1. The summed E-state index contributed by atoms with van der Waals surface area (Å²) in [5, 5.41) is 10.8. The van der Waals surface area contributed by atoms with Crippen molar-refractivity contribution >= 4 is 34.7 Å². The lowest BCUT2D eigenvalue weighted by Gasteiger charge is -2.13. The Kier molecular flexibility index (Phi) is 7.11. The van der Waals surface area contributed by atoms with Crippen molar-refractivity contribution in [3.05, 3.63) is 104 Å². The van der Waals surface area contributed by atoms with Crippen LogP contribution in [0.3, 0.4) is 0 Å². The Morgan fingerprint density at radius 1 is 1.06 bits per heavy atom. The molecule has 1 fully saturated rings. The van der Waals surface area contributed by atoms with Crippen LogP contribution in [0.4, 0.5) is 14.9 Å². The fourth-order valence-corrected chi connectivity index (χ4v) is 4.26. The van der Waals surface area contributed by atoms with Crippen LogP contribution in [-0.4, -0.2) is 28.1 Å². The summed E-state index contributed by atoms with van der Waals surface area (Å²) in [7, 11) is 1.49. The zero-order chi connectivity index (χ0) is 24.9. The molecule has 4 rings (SSSR count). The molecule has 0 unspecified atom stereocenters. The molecule has 3 aromatic rings. The highest BCUT2D eigenvalue weighted by molar-refractivity contribution is 8.18. The molecule has 0 spiro atoms. The second kappa shape index (κ2) is 10.4.